The van der Waals surface area contributed by atoms with Gasteiger partial charge in [0, 0.05) is 13.6 Å². The molecule has 0 aromatic heterocycles. The summed E-state index contributed by atoms with van der Waals surface area (Å²) in [5, 5.41) is 0. The third-order valence-corrected chi connectivity index (χ3v) is 5.58. The summed E-state index contributed by atoms with van der Waals surface area (Å²) in [6.45, 7) is 12.8. The highest BCUT2D eigenvalue weighted by Gasteiger charge is 2.41. The fourth-order valence-corrected chi connectivity index (χ4v) is 4.51. The summed E-state index contributed by atoms with van der Waals surface area (Å²) in [4.78, 5) is 0.617. The van der Waals surface area contributed by atoms with E-state index in [-0.39, 0.29) is 10.8 Å². The molecule has 100 valence electrons. The Morgan fingerprint density at radius 2 is 1.47 bits per heavy atom. The van der Waals surface area contributed by atoms with Crippen molar-refractivity contribution in [3.05, 3.63) is 10.5 Å². The molecule has 0 amide bonds. The number of hydrogen-bond acceptors (Lipinski definition) is 2. The van der Waals surface area contributed by atoms with Crippen LogP contribution < -0.4 is 0 Å². The quantitative estimate of drug-likeness (QED) is 0.670. The maximum absolute atomic E-state index is 12.5. The summed E-state index contributed by atoms with van der Waals surface area (Å²) in [5.41, 5.74) is 0.663. The Balaban J connectivity index is 3.58. The first-order valence-electron chi connectivity index (χ1n) is 6.09. The molecule has 0 aliphatic carbocycles. The number of nitrogens with zero attached hydrogens (tertiary/aromatic N) is 1. The van der Waals surface area contributed by atoms with Crippen LogP contribution in [0.5, 0.6) is 0 Å². The zero-order valence-corrected chi connectivity index (χ0v) is 12.9. The molecule has 0 atom stereocenters. The van der Waals surface area contributed by atoms with E-state index in [2.05, 4.69) is 20.8 Å². The van der Waals surface area contributed by atoms with E-state index in [1.54, 1.807) is 7.05 Å². The van der Waals surface area contributed by atoms with Gasteiger partial charge in [-0.05, 0) is 22.8 Å². The van der Waals surface area contributed by atoms with Gasteiger partial charge in [-0.2, -0.15) is 0 Å². The number of sulfonamides is 1. The van der Waals surface area contributed by atoms with Crippen molar-refractivity contribution >= 4 is 10.0 Å². The van der Waals surface area contributed by atoms with Crippen molar-refractivity contribution < 1.29 is 8.42 Å². The van der Waals surface area contributed by atoms with E-state index in [4.69, 9.17) is 0 Å². The number of allylic oxidation sites excluding steroid dienone is 1. The Kier molecular flexibility index (Phi) is 3.54. The molecule has 4 heteroatoms. The second-order valence-electron chi connectivity index (χ2n) is 6.88. The Morgan fingerprint density at radius 3 is 1.82 bits per heavy atom. The Hall–Kier alpha value is -0.350. The number of rotatable bonds is 0. The summed E-state index contributed by atoms with van der Waals surface area (Å²) < 4.78 is 26.4. The fraction of sp³-hybridized carbons (Fsp3) is 0.846. The van der Waals surface area contributed by atoms with Gasteiger partial charge < -0.3 is 0 Å². The second-order valence-corrected chi connectivity index (χ2v) is 8.87. The van der Waals surface area contributed by atoms with E-state index in [0.29, 0.717) is 11.4 Å². The minimum Gasteiger partial charge on any atom is -0.207 e. The van der Waals surface area contributed by atoms with Crippen molar-refractivity contribution in [3.63, 3.8) is 0 Å². The second kappa shape index (κ2) is 4.09. The lowest BCUT2D eigenvalue weighted by Crippen LogP contribution is -2.40. The summed E-state index contributed by atoms with van der Waals surface area (Å²) in [6, 6.07) is 0. The predicted molar refractivity (Wildman–Crippen MR) is 72.1 cm³/mol. The zero-order chi connectivity index (χ0) is 13.6. The summed E-state index contributed by atoms with van der Waals surface area (Å²) in [7, 11) is -1.61. The van der Waals surface area contributed by atoms with Gasteiger partial charge in [-0.1, -0.05) is 41.5 Å². The van der Waals surface area contributed by atoms with Crippen molar-refractivity contribution in [1.29, 1.82) is 0 Å². The van der Waals surface area contributed by atoms with Crippen LogP contribution >= 0.6 is 0 Å². The first kappa shape index (κ1) is 14.7. The van der Waals surface area contributed by atoms with Crippen molar-refractivity contribution in [2.45, 2.75) is 48.0 Å². The van der Waals surface area contributed by atoms with E-state index in [1.165, 1.54) is 4.31 Å². The SMILES string of the molecule is CN1CCC(C(C)(C)C)=C(C(C)(C)C)S1(=O)=O. The van der Waals surface area contributed by atoms with Crippen LogP contribution in [0.2, 0.25) is 0 Å². The third kappa shape index (κ3) is 2.74. The fourth-order valence-electron chi connectivity index (χ4n) is 2.37. The number of hydrogen-bond donors (Lipinski definition) is 0. The highest BCUT2D eigenvalue weighted by atomic mass is 32.2. The molecule has 0 fully saturated rings. The first-order valence-corrected chi connectivity index (χ1v) is 7.53. The standard InChI is InChI=1S/C13H25NO2S/c1-12(2,3)10-8-9-14(7)17(15,16)11(10)13(4,5)6/h8-9H2,1-7H3. The Bertz CT molecular complexity index is 433. The van der Waals surface area contributed by atoms with Gasteiger partial charge >= 0.3 is 0 Å². The molecular formula is C13H25NO2S. The molecule has 0 bridgehead atoms. The zero-order valence-electron chi connectivity index (χ0n) is 12.1. The van der Waals surface area contributed by atoms with Crippen molar-refractivity contribution in [2.24, 2.45) is 10.8 Å². The van der Waals surface area contributed by atoms with Gasteiger partial charge in [0.25, 0.3) is 0 Å². The normalized spacial score (nSPS) is 23.0. The van der Waals surface area contributed by atoms with Crippen LogP contribution in [-0.4, -0.2) is 26.3 Å². The molecule has 1 aliphatic rings. The van der Waals surface area contributed by atoms with E-state index in [0.717, 1.165) is 12.0 Å². The lowest BCUT2D eigenvalue weighted by molar-refractivity contribution is 0.387. The summed E-state index contributed by atoms with van der Waals surface area (Å²) in [6.07, 6.45) is 0.839. The molecule has 0 radical (unpaired) electrons. The minimum atomic E-state index is -3.28. The van der Waals surface area contributed by atoms with Crippen molar-refractivity contribution in [1.82, 2.24) is 4.31 Å². The van der Waals surface area contributed by atoms with Crippen LogP contribution in [0.1, 0.15) is 48.0 Å². The van der Waals surface area contributed by atoms with Crippen molar-refractivity contribution in [3.8, 4) is 0 Å². The van der Waals surface area contributed by atoms with Gasteiger partial charge in [0.2, 0.25) is 10.0 Å². The molecule has 0 aromatic rings. The first-order chi connectivity index (χ1) is 7.38. The maximum atomic E-state index is 12.5. The van der Waals surface area contributed by atoms with Gasteiger partial charge in [-0.3, -0.25) is 0 Å². The third-order valence-electron chi connectivity index (χ3n) is 3.21. The predicted octanol–water partition coefficient (Wildman–Crippen LogP) is 3.00. The molecule has 0 N–H and O–H groups in total. The van der Waals surface area contributed by atoms with Crippen LogP contribution in [0.15, 0.2) is 10.5 Å². The van der Waals surface area contributed by atoms with Gasteiger partial charge in [0.05, 0.1) is 4.91 Å². The molecule has 0 saturated carbocycles. The Morgan fingerprint density at radius 1 is 1.00 bits per heavy atom. The van der Waals surface area contributed by atoms with Gasteiger partial charge in [0.1, 0.15) is 0 Å². The van der Waals surface area contributed by atoms with Crippen LogP contribution in [0.25, 0.3) is 0 Å². The monoisotopic (exact) mass is 259 g/mol. The molecule has 0 aromatic carbocycles. The smallest absolute Gasteiger partial charge is 0.207 e. The van der Waals surface area contributed by atoms with Crippen molar-refractivity contribution in [2.75, 3.05) is 13.6 Å². The highest BCUT2D eigenvalue weighted by Crippen LogP contribution is 2.44. The summed E-state index contributed by atoms with van der Waals surface area (Å²) >= 11 is 0. The topological polar surface area (TPSA) is 37.4 Å². The molecule has 17 heavy (non-hydrogen) atoms. The van der Waals surface area contributed by atoms with Gasteiger partial charge in [-0.25, -0.2) is 12.7 Å². The average Bonchev–Trinajstić information content (AvgIpc) is 2.04. The maximum Gasteiger partial charge on any atom is 0.239 e. The largest absolute Gasteiger partial charge is 0.239 e. The van der Waals surface area contributed by atoms with E-state index < -0.39 is 10.0 Å². The van der Waals surface area contributed by atoms with E-state index in [9.17, 15) is 8.42 Å². The molecule has 1 heterocycles. The molecule has 1 rings (SSSR count). The molecular weight excluding hydrogens is 234 g/mol. The summed E-state index contributed by atoms with van der Waals surface area (Å²) in [5.74, 6) is 0. The lowest BCUT2D eigenvalue weighted by atomic mass is 9.79. The van der Waals surface area contributed by atoms with Crippen LogP contribution in [0.4, 0.5) is 0 Å². The molecule has 3 nitrogen and oxygen atoms in total. The van der Waals surface area contributed by atoms with Crippen LogP contribution in [-0.2, 0) is 10.0 Å². The van der Waals surface area contributed by atoms with E-state index >= 15 is 0 Å². The van der Waals surface area contributed by atoms with E-state index in [1.807, 2.05) is 20.8 Å². The van der Waals surface area contributed by atoms with Gasteiger partial charge in [0.15, 0.2) is 0 Å². The molecule has 0 spiro atoms. The molecule has 0 unspecified atom stereocenters. The lowest BCUT2D eigenvalue weighted by Gasteiger charge is -2.38. The highest BCUT2D eigenvalue weighted by molar-refractivity contribution is 7.93. The average molecular weight is 259 g/mol. The molecule has 1 aliphatic heterocycles. The minimum absolute atomic E-state index is 0.0864. The van der Waals surface area contributed by atoms with Crippen LogP contribution in [0.3, 0.4) is 0 Å². The Labute approximate surface area is 106 Å². The van der Waals surface area contributed by atoms with Crippen LogP contribution in [0, 0.1) is 10.8 Å². The van der Waals surface area contributed by atoms with Gasteiger partial charge in [-0.15, -0.1) is 0 Å². The molecule has 0 saturated heterocycles.